The number of rotatable bonds is 2. The first kappa shape index (κ1) is 21.1. The van der Waals surface area contributed by atoms with Crippen LogP contribution in [0.4, 0.5) is 0 Å². The summed E-state index contributed by atoms with van der Waals surface area (Å²) in [6.45, 7) is 0. The number of hydrogen-bond acceptors (Lipinski definition) is 2. The fraction of sp³-hybridized carbons (Fsp3) is 0. The average Bonchev–Trinajstić information content (AvgIpc) is 3.64. The molecule has 4 heteroatoms. The second-order valence-corrected chi connectivity index (χ2v) is 11.1. The molecule has 9 aromatic rings. The van der Waals surface area contributed by atoms with Crippen molar-refractivity contribution in [2.75, 3.05) is 0 Å². The van der Waals surface area contributed by atoms with Gasteiger partial charge in [0.1, 0.15) is 4.83 Å². The minimum atomic E-state index is 1.09. The summed E-state index contributed by atoms with van der Waals surface area (Å²) >= 11 is 1.77. The van der Waals surface area contributed by atoms with E-state index in [4.69, 9.17) is 4.98 Å². The molecule has 9 rings (SSSR count). The van der Waals surface area contributed by atoms with E-state index in [2.05, 4.69) is 137 Å². The van der Waals surface area contributed by atoms with Crippen molar-refractivity contribution in [3.63, 3.8) is 0 Å². The van der Waals surface area contributed by atoms with Crippen LogP contribution in [0.15, 0.2) is 128 Å². The number of thiophene rings is 1. The second-order valence-electron chi connectivity index (χ2n) is 10.0. The number of fused-ring (bicyclic) bond motifs is 10. The molecule has 0 fully saturated rings. The van der Waals surface area contributed by atoms with Gasteiger partial charge >= 0.3 is 0 Å². The van der Waals surface area contributed by atoms with Crippen molar-refractivity contribution in [2.24, 2.45) is 0 Å². The van der Waals surface area contributed by atoms with Crippen LogP contribution in [0.25, 0.3) is 75.3 Å². The number of benzene rings is 5. The van der Waals surface area contributed by atoms with Crippen molar-refractivity contribution >= 4 is 75.3 Å². The summed E-state index contributed by atoms with van der Waals surface area (Å²) in [5, 5.41) is 7.57. The highest BCUT2D eigenvalue weighted by Gasteiger charge is 2.19. The zero-order valence-electron chi connectivity index (χ0n) is 20.9. The Morgan fingerprint density at radius 1 is 0.462 bits per heavy atom. The van der Waals surface area contributed by atoms with Crippen LogP contribution in [-0.2, 0) is 0 Å². The molecule has 0 aliphatic carbocycles. The first-order valence-corrected chi connectivity index (χ1v) is 14.0. The van der Waals surface area contributed by atoms with Crippen LogP contribution < -0.4 is 0 Å². The van der Waals surface area contributed by atoms with Crippen LogP contribution in [0.1, 0.15) is 0 Å². The van der Waals surface area contributed by atoms with Gasteiger partial charge in [-0.2, -0.15) is 0 Å². The summed E-state index contributed by atoms with van der Waals surface area (Å²) in [7, 11) is 0. The maximum atomic E-state index is 4.98. The predicted octanol–water partition coefficient (Wildman–Crippen LogP) is 9.64. The lowest BCUT2D eigenvalue weighted by Crippen LogP contribution is -1.95. The fourth-order valence-electron chi connectivity index (χ4n) is 6.36. The molecular formula is C35H21N3S. The van der Waals surface area contributed by atoms with Crippen molar-refractivity contribution in [2.45, 2.75) is 0 Å². The molecule has 0 spiro atoms. The van der Waals surface area contributed by atoms with Crippen LogP contribution >= 0.6 is 11.3 Å². The van der Waals surface area contributed by atoms with Crippen molar-refractivity contribution in [1.29, 1.82) is 0 Å². The molecule has 5 aromatic carbocycles. The topological polar surface area (TPSA) is 22.8 Å². The SMILES string of the molecule is c1ccc(-n2c3ccccc3c3cc(-n4c5ccccc5c5c6c(ncc54)sc4ccccc46)ccc32)cc1. The normalized spacial score (nSPS) is 12.1. The Hall–Kier alpha value is -4.93. The van der Waals surface area contributed by atoms with Gasteiger partial charge in [0, 0.05) is 48.4 Å². The summed E-state index contributed by atoms with van der Waals surface area (Å²) in [5.41, 5.74) is 7.07. The molecule has 0 bridgehead atoms. The minimum Gasteiger partial charge on any atom is -0.309 e. The number of aromatic nitrogens is 3. The van der Waals surface area contributed by atoms with Gasteiger partial charge in [0.15, 0.2) is 0 Å². The van der Waals surface area contributed by atoms with Crippen LogP contribution in [0.2, 0.25) is 0 Å². The van der Waals surface area contributed by atoms with Crippen molar-refractivity contribution in [3.8, 4) is 11.4 Å². The third-order valence-corrected chi connectivity index (χ3v) is 9.05. The lowest BCUT2D eigenvalue weighted by Gasteiger charge is -2.10. The molecule has 0 atom stereocenters. The molecule has 4 heterocycles. The third-order valence-electron chi connectivity index (χ3n) is 7.97. The van der Waals surface area contributed by atoms with Gasteiger partial charge in [-0.15, -0.1) is 11.3 Å². The molecule has 0 N–H and O–H groups in total. The molecule has 0 aliphatic heterocycles. The fourth-order valence-corrected chi connectivity index (χ4v) is 7.42. The second kappa shape index (κ2) is 7.79. The maximum Gasteiger partial charge on any atom is 0.125 e. The van der Waals surface area contributed by atoms with Gasteiger partial charge in [-0.1, -0.05) is 72.8 Å². The van der Waals surface area contributed by atoms with E-state index in [1.165, 1.54) is 59.3 Å². The van der Waals surface area contributed by atoms with E-state index in [1.807, 2.05) is 0 Å². The first-order valence-electron chi connectivity index (χ1n) is 13.2. The first-order chi connectivity index (χ1) is 19.4. The Morgan fingerprint density at radius 2 is 1.10 bits per heavy atom. The summed E-state index contributed by atoms with van der Waals surface area (Å²) in [5.74, 6) is 0. The number of para-hydroxylation sites is 3. The van der Waals surface area contributed by atoms with Gasteiger partial charge < -0.3 is 9.13 Å². The van der Waals surface area contributed by atoms with Crippen LogP contribution in [0.5, 0.6) is 0 Å². The van der Waals surface area contributed by atoms with E-state index in [1.54, 1.807) is 11.3 Å². The lowest BCUT2D eigenvalue weighted by molar-refractivity contribution is 1.16. The molecule has 0 aliphatic rings. The summed E-state index contributed by atoms with van der Waals surface area (Å²) < 4.78 is 6.03. The van der Waals surface area contributed by atoms with Crippen LogP contribution in [0, 0.1) is 0 Å². The highest BCUT2D eigenvalue weighted by atomic mass is 32.1. The molecule has 39 heavy (non-hydrogen) atoms. The zero-order valence-corrected chi connectivity index (χ0v) is 21.7. The Morgan fingerprint density at radius 3 is 1.95 bits per heavy atom. The summed E-state index contributed by atoms with van der Waals surface area (Å²) in [4.78, 5) is 6.07. The van der Waals surface area contributed by atoms with Crippen molar-refractivity contribution in [1.82, 2.24) is 14.1 Å². The predicted molar refractivity (Wildman–Crippen MR) is 166 cm³/mol. The van der Waals surface area contributed by atoms with E-state index in [0.29, 0.717) is 0 Å². The van der Waals surface area contributed by atoms with Gasteiger partial charge in [-0.05, 0) is 48.5 Å². The Labute approximate surface area is 227 Å². The summed E-state index contributed by atoms with van der Waals surface area (Å²) in [6, 6.07) is 43.6. The highest BCUT2D eigenvalue weighted by molar-refractivity contribution is 7.25. The van der Waals surface area contributed by atoms with Gasteiger partial charge in [-0.3, -0.25) is 0 Å². The molecule has 4 aromatic heterocycles. The maximum absolute atomic E-state index is 4.98. The van der Waals surface area contributed by atoms with E-state index in [0.717, 1.165) is 16.0 Å². The lowest BCUT2D eigenvalue weighted by atomic mass is 10.1. The van der Waals surface area contributed by atoms with E-state index >= 15 is 0 Å². The highest BCUT2D eigenvalue weighted by Crippen LogP contribution is 2.43. The van der Waals surface area contributed by atoms with Gasteiger partial charge in [0.25, 0.3) is 0 Å². The van der Waals surface area contributed by atoms with Gasteiger partial charge in [-0.25, -0.2) is 4.98 Å². The monoisotopic (exact) mass is 515 g/mol. The number of pyridine rings is 1. The molecule has 0 saturated heterocycles. The largest absolute Gasteiger partial charge is 0.309 e. The molecular weight excluding hydrogens is 494 g/mol. The number of nitrogens with zero attached hydrogens (tertiary/aromatic N) is 3. The molecule has 0 radical (unpaired) electrons. The third kappa shape index (κ3) is 2.84. The average molecular weight is 516 g/mol. The van der Waals surface area contributed by atoms with E-state index in [-0.39, 0.29) is 0 Å². The molecule has 0 amide bonds. The van der Waals surface area contributed by atoms with Crippen LogP contribution in [-0.4, -0.2) is 14.1 Å². The standard InChI is InChI=1S/C35H21N3S/c1-2-10-22(11-3-1)37-28-15-7-4-12-24(28)27-20-23(18-19-30(27)37)38-29-16-8-5-13-25(29)33-31(38)21-36-35-34(33)26-14-6-9-17-32(26)39-35/h1-21H. The van der Waals surface area contributed by atoms with Gasteiger partial charge in [0.05, 0.1) is 28.3 Å². The quantitative estimate of drug-likeness (QED) is 0.225. The molecule has 0 saturated carbocycles. The van der Waals surface area contributed by atoms with Gasteiger partial charge in [0.2, 0.25) is 0 Å². The Balaban J connectivity index is 1.41. The Kier molecular flexibility index (Phi) is 4.21. The Bertz CT molecular complexity index is 2390. The summed E-state index contributed by atoms with van der Waals surface area (Å²) in [6.07, 6.45) is 2.06. The van der Waals surface area contributed by atoms with Crippen molar-refractivity contribution < 1.29 is 0 Å². The molecule has 0 unspecified atom stereocenters. The number of hydrogen-bond donors (Lipinski definition) is 0. The van der Waals surface area contributed by atoms with E-state index in [9.17, 15) is 0 Å². The van der Waals surface area contributed by atoms with Crippen LogP contribution in [0.3, 0.4) is 0 Å². The minimum absolute atomic E-state index is 1.09. The molecule has 3 nitrogen and oxygen atoms in total. The van der Waals surface area contributed by atoms with E-state index < -0.39 is 0 Å². The smallest absolute Gasteiger partial charge is 0.125 e. The zero-order chi connectivity index (χ0) is 25.5. The van der Waals surface area contributed by atoms with Crippen molar-refractivity contribution in [3.05, 3.63) is 128 Å². The molecule has 182 valence electrons.